The molecule has 2 aromatic carbocycles. The molecule has 8 nitrogen and oxygen atoms in total. The number of nitrogens with zero attached hydrogens (tertiary/aromatic N) is 2. The maximum atomic E-state index is 13.4. The third-order valence-corrected chi connectivity index (χ3v) is 6.30. The molecule has 0 fully saturated rings. The smallest absolute Gasteiger partial charge is 0.330 e. The number of amides is 1. The number of fused-ring (bicyclic) bond motifs is 1. The number of unbranched alkanes of at least 4 members (excludes halogenated alkanes) is 1. The third kappa shape index (κ3) is 6.19. The first-order valence-electron chi connectivity index (χ1n) is 12.4. The number of nitrogens with one attached hydrogen (secondary N) is 2. The van der Waals surface area contributed by atoms with Crippen molar-refractivity contribution in [1.82, 2.24) is 14.9 Å². The summed E-state index contributed by atoms with van der Waals surface area (Å²) in [5.74, 6) is 0.0844. The number of aromatic nitrogens is 2. The Morgan fingerprint density at radius 3 is 2.54 bits per heavy atom. The Hall–Kier alpha value is -3.39. The topological polar surface area (TPSA) is 113 Å². The molecule has 1 amide bonds. The fraction of sp³-hybridized carbons (Fsp3) is 0.444. The van der Waals surface area contributed by atoms with Crippen molar-refractivity contribution in [1.29, 1.82) is 0 Å². The van der Waals surface area contributed by atoms with E-state index in [4.69, 9.17) is 5.73 Å². The van der Waals surface area contributed by atoms with Crippen LogP contribution < -0.4 is 27.2 Å². The van der Waals surface area contributed by atoms with E-state index in [1.54, 1.807) is 0 Å². The van der Waals surface area contributed by atoms with Gasteiger partial charge in [-0.15, -0.1) is 0 Å². The number of aromatic amines is 1. The molecule has 3 rings (SSSR count). The van der Waals surface area contributed by atoms with Gasteiger partial charge in [-0.25, -0.2) is 4.79 Å². The number of nitrogens with two attached hydrogens (primary N) is 1. The number of carbonyl (C=O) groups is 1. The lowest BCUT2D eigenvalue weighted by Crippen LogP contribution is -2.45. The Morgan fingerprint density at radius 1 is 1.11 bits per heavy atom. The number of hydrogen-bond acceptors (Lipinski definition) is 5. The molecule has 188 valence electrons. The van der Waals surface area contributed by atoms with Crippen LogP contribution in [0.2, 0.25) is 0 Å². The molecule has 4 N–H and O–H groups in total. The maximum absolute atomic E-state index is 13.4. The lowest BCUT2D eigenvalue weighted by Gasteiger charge is -2.26. The van der Waals surface area contributed by atoms with Crippen molar-refractivity contribution in [3.8, 4) is 0 Å². The molecule has 1 atom stereocenters. The van der Waals surface area contributed by atoms with E-state index in [0.29, 0.717) is 25.4 Å². The number of hydrogen-bond donors (Lipinski definition) is 3. The molecule has 0 aliphatic rings. The summed E-state index contributed by atoms with van der Waals surface area (Å²) in [5, 5.41) is 5.58. The van der Waals surface area contributed by atoms with Gasteiger partial charge in [0.25, 0.3) is 5.56 Å². The van der Waals surface area contributed by atoms with Crippen molar-refractivity contribution in [3.05, 3.63) is 68.9 Å². The highest BCUT2D eigenvalue weighted by Crippen LogP contribution is 2.24. The summed E-state index contributed by atoms with van der Waals surface area (Å²) in [6.45, 7) is 8.87. The average molecular weight is 480 g/mol. The van der Waals surface area contributed by atoms with Gasteiger partial charge in [0, 0.05) is 19.1 Å². The van der Waals surface area contributed by atoms with Crippen molar-refractivity contribution in [3.63, 3.8) is 0 Å². The molecule has 0 aliphatic carbocycles. The van der Waals surface area contributed by atoms with Crippen LogP contribution in [0.15, 0.2) is 52.1 Å². The minimum absolute atomic E-state index is 0.0233. The SMILES string of the molecule is CCCCn1c(N)c(N(CCC(C)C)C(=O)CN[C@H](C)c2cccc3ccccc23)c(=O)[nH]c1=O. The lowest BCUT2D eigenvalue weighted by atomic mass is 10.00. The number of rotatable bonds is 11. The Kier molecular flexibility index (Phi) is 8.87. The minimum Gasteiger partial charge on any atom is -0.383 e. The zero-order chi connectivity index (χ0) is 25.5. The molecular weight excluding hydrogens is 442 g/mol. The lowest BCUT2D eigenvalue weighted by molar-refractivity contribution is -0.118. The van der Waals surface area contributed by atoms with Crippen LogP contribution >= 0.6 is 0 Å². The van der Waals surface area contributed by atoms with Crippen molar-refractivity contribution in [2.75, 3.05) is 23.7 Å². The quantitative estimate of drug-likeness (QED) is 0.387. The minimum atomic E-state index is -0.639. The number of H-pyrrole nitrogens is 1. The normalized spacial score (nSPS) is 12.3. The molecule has 0 radical (unpaired) electrons. The molecule has 0 spiro atoms. The van der Waals surface area contributed by atoms with Gasteiger partial charge in [-0.05, 0) is 42.0 Å². The average Bonchev–Trinajstić information content (AvgIpc) is 2.83. The van der Waals surface area contributed by atoms with Gasteiger partial charge in [0.1, 0.15) is 5.82 Å². The van der Waals surface area contributed by atoms with Gasteiger partial charge in [-0.2, -0.15) is 0 Å². The number of nitrogen functional groups attached to an aromatic ring is 1. The van der Waals surface area contributed by atoms with Crippen LogP contribution in [-0.2, 0) is 11.3 Å². The summed E-state index contributed by atoms with van der Waals surface area (Å²) < 4.78 is 1.35. The van der Waals surface area contributed by atoms with Crippen molar-refractivity contribution < 1.29 is 4.79 Å². The van der Waals surface area contributed by atoms with Crippen LogP contribution in [0.1, 0.15) is 58.6 Å². The zero-order valence-electron chi connectivity index (χ0n) is 21.1. The van der Waals surface area contributed by atoms with E-state index in [2.05, 4.69) is 42.3 Å². The van der Waals surface area contributed by atoms with E-state index in [1.165, 1.54) is 9.47 Å². The predicted molar refractivity (Wildman–Crippen MR) is 143 cm³/mol. The van der Waals surface area contributed by atoms with Gasteiger partial charge in [-0.3, -0.25) is 19.1 Å². The van der Waals surface area contributed by atoms with Crippen LogP contribution in [0.5, 0.6) is 0 Å². The second kappa shape index (κ2) is 11.8. The van der Waals surface area contributed by atoms with Gasteiger partial charge in [-0.1, -0.05) is 69.7 Å². The fourth-order valence-electron chi connectivity index (χ4n) is 4.20. The van der Waals surface area contributed by atoms with E-state index < -0.39 is 11.2 Å². The first-order chi connectivity index (χ1) is 16.7. The summed E-state index contributed by atoms with van der Waals surface area (Å²) in [6.07, 6.45) is 2.30. The van der Waals surface area contributed by atoms with Crippen molar-refractivity contribution >= 4 is 28.2 Å². The van der Waals surface area contributed by atoms with Gasteiger partial charge in [0.15, 0.2) is 5.69 Å². The monoisotopic (exact) mass is 479 g/mol. The Balaban J connectivity index is 1.88. The highest BCUT2D eigenvalue weighted by molar-refractivity contribution is 5.97. The Morgan fingerprint density at radius 2 is 1.83 bits per heavy atom. The van der Waals surface area contributed by atoms with E-state index in [9.17, 15) is 14.4 Å². The van der Waals surface area contributed by atoms with Gasteiger partial charge in [0.05, 0.1) is 6.54 Å². The largest absolute Gasteiger partial charge is 0.383 e. The van der Waals surface area contributed by atoms with E-state index in [1.807, 2.05) is 38.1 Å². The Bertz CT molecular complexity index is 1270. The van der Waals surface area contributed by atoms with Crippen molar-refractivity contribution in [2.45, 2.75) is 59.5 Å². The van der Waals surface area contributed by atoms with E-state index in [0.717, 1.165) is 29.2 Å². The number of benzene rings is 2. The third-order valence-electron chi connectivity index (χ3n) is 6.30. The van der Waals surface area contributed by atoms with Crippen LogP contribution in [0.3, 0.4) is 0 Å². The first kappa shape index (κ1) is 26.2. The molecule has 3 aromatic rings. The molecule has 0 saturated heterocycles. The number of anilines is 2. The Labute approximate surface area is 206 Å². The summed E-state index contributed by atoms with van der Waals surface area (Å²) in [6, 6.07) is 14.2. The van der Waals surface area contributed by atoms with Crippen LogP contribution in [0, 0.1) is 5.92 Å². The van der Waals surface area contributed by atoms with Gasteiger partial charge >= 0.3 is 5.69 Å². The molecule has 8 heteroatoms. The van der Waals surface area contributed by atoms with Crippen LogP contribution in [0.25, 0.3) is 10.8 Å². The van der Waals surface area contributed by atoms with Crippen LogP contribution in [0.4, 0.5) is 11.5 Å². The fourth-order valence-corrected chi connectivity index (χ4v) is 4.20. The van der Waals surface area contributed by atoms with E-state index >= 15 is 0 Å². The maximum Gasteiger partial charge on any atom is 0.330 e. The summed E-state index contributed by atoms with van der Waals surface area (Å²) in [4.78, 5) is 42.4. The summed E-state index contributed by atoms with van der Waals surface area (Å²) in [5.41, 5.74) is 6.26. The highest BCUT2D eigenvalue weighted by atomic mass is 16.2. The highest BCUT2D eigenvalue weighted by Gasteiger charge is 2.24. The zero-order valence-corrected chi connectivity index (χ0v) is 21.1. The molecular formula is C27H37N5O3. The second-order valence-corrected chi connectivity index (χ2v) is 9.40. The van der Waals surface area contributed by atoms with Gasteiger partial charge < -0.3 is 16.0 Å². The molecule has 0 unspecified atom stereocenters. The van der Waals surface area contributed by atoms with E-state index in [-0.39, 0.29) is 30.0 Å². The molecule has 35 heavy (non-hydrogen) atoms. The first-order valence-corrected chi connectivity index (χ1v) is 12.4. The van der Waals surface area contributed by atoms with Crippen molar-refractivity contribution in [2.24, 2.45) is 5.92 Å². The molecule has 1 aromatic heterocycles. The molecule has 1 heterocycles. The standard InChI is InChI=1S/C27H37N5O3/c1-5-6-15-32-25(28)24(26(34)30-27(32)35)31(16-14-18(2)3)23(33)17-29-19(4)21-13-9-11-20-10-7-8-12-22(20)21/h7-13,18-19,29H,5-6,14-17,28H2,1-4H3,(H,30,34,35)/t19-/m1/s1. The molecule has 0 bridgehead atoms. The predicted octanol–water partition coefficient (Wildman–Crippen LogP) is 3.80. The summed E-state index contributed by atoms with van der Waals surface area (Å²) in [7, 11) is 0. The van der Waals surface area contributed by atoms with Gasteiger partial charge in [0.2, 0.25) is 5.91 Å². The second-order valence-electron chi connectivity index (χ2n) is 9.40. The molecule has 0 saturated carbocycles. The summed E-state index contributed by atoms with van der Waals surface area (Å²) >= 11 is 0. The number of carbonyl (C=O) groups excluding carboxylic acids is 1. The van der Waals surface area contributed by atoms with Crippen LogP contribution in [-0.4, -0.2) is 28.5 Å². The molecule has 0 aliphatic heterocycles.